The number of allylic oxidation sites excluding steroid dienone is 1. The molecule has 9 atom stereocenters. The van der Waals surface area contributed by atoms with Gasteiger partial charge in [0.1, 0.15) is 23.7 Å². The third-order valence-corrected chi connectivity index (χ3v) is 10.5. The molecule has 2 saturated heterocycles. The molecular weight excluding hydrogens is 586 g/mol. The summed E-state index contributed by atoms with van der Waals surface area (Å²) in [4.78, 5) is 61.9. The van der Waals surface area contributed by atoms with E-state index in [-0.39, 0.29) is 30.8 Å². The smallest absolute Gasteiger partial charge is 0.313 e. The molecule has 1 spiro atoms. The summed E-state index contributed by atoms with van der Waals surface area (Å²) in [5.74, 6) is -3.65. The fraction of sp³-hybridized carbons (Fsp3) is 0.611. The van der Waals surface area contributed by atoms with Gasteiger partial charge in [0, 0.05) is 25.6 Å². The lowest BCUT2D eigenvalue weighted by Gasteiger charge is -2.43. The number of nitrogens with zero attached hydrogens (tertiary/aromatic N) is 3. The standard InChI is InChI=1S/C36H49N3O7/c1-8-22(2)25(21-40)39-31-33(43)38(35(4,5)6)20-14-19-36(31)29(32(39)42)28-26(46-36)17-12-13-18-27(41)37(7)23(3)30(45-34(28)44)24-15-10-9-11-16-24/h9-12,14-17,19,22-23,25-26,28-31,40H,8,13,18,20-21H2,1-7H3/b17-12-/t22-,23-,25-,26-,28+,29+,30+,31-,36+/m0/s1. The maximum Gasteiger partial charge on any atom is 0.313 e. The first kappa shape index (κ1) is 33.9. The molecule has 0 aromatic heterocycles. The first-order valence-corrected chi connectivity index (χ1v) is 16.6. The van der Waals surface area contributed by atoms with Gasteiger partial charge < -0.3 is 29.3 Å². The van der Waals surface area contributed by atoms with Crippen LogP contribution in [-0.2, 0) is 28.7 Å². The summed E-state index contributed by atoms with van der Waals surface area (Å²) in [6.07, 6.45) is 6.87. The largest absolute Gasteiger partial charge is 0.455 e. The first-order valence-electron chi connectivity index (χ1n) is 16.6. The number of aliphatic hydroxyl groups is 1. The molecule has 1 aromatic rings. The summed E-state index contributed by atoms with van der Waals surface area (Å²) in [5.41, 5.74) is -1.30. The van der Waals surface area contributed by atoms with Crippen molar-refractivity contribution in [3.05, 3.63) is 60.2 Å². The molecule has 0 bridgehead atoms. The number of carbonyl (C=O) groups excluding carboxylic acids is 4. The summed E-state index contributed by atoms with van der Waals surface area (Å²) >= 11 is 0. The zero-order valence-corrected chi connectivity index (χ0v) is 28.1. The van der Waals surface area contributed by atoms with E-state index in [1.54, 1.807) is 29.0 Å². The van der Waals surface area contributed by atoms with Gasteiger partial charge in [-0.25, -0.2) is 0 Å². The number of likely N-dealkylation sites (tertiary alicyclic amines) is 1. The summed E-state index contributed by atoms with van der Waals surface area (Å²) in [6.45, 7) is 11.6. The van der Waals surface area contributed by atoms with Gasteiger partial charge in [0.15, 0.2) is 0 Å². The molecule has 4 aliphatic heterocycles. The summed E-state index contributed by atoms with van der Waals surface area (Å²) in [6, 6.07) is 7.04. The Morgan fingerprint density at radius 3 is 2.39 bits per heavy atom. The Morgan fingerprint density at radius 2 is 1.76 bits per heavy atom. The number of hydrogen-bond donors (Lipinski definition) is 1. The lowest BCUT2D eigenvalue weighted by atomic mass is 9.77. The first-order chi connectivity index (χ1) is 21.8. The molecular formula is C36H49N3O7. The number of amides is 3. The maximum absolute atomic E-state index is 14.8. The molecule has 3 amide bonds. The third-order valence-electron chi connectivity index (χ3n) is 10.5. The number of rotatable bonds is 5. The van der Waals surface area contributed by atoms with Crippen LogP contribution in [0.3, 0.4) is 0 Å². The van der Waals surface area contributed by atoms with E-state index in [0.29, 0.717) is 19.4 Å². The van der Waals surface area contributed by atoms with Crippen LogP contribution in [0.4, 0.5) is 0 Å². The van der Waals surface area contributed by atoms with Gasteiger partial charge >= 0.3 is 5.97 Å². The van der Waals surface area contributed by atoms with Gasteiger partial charge in [-0.2, -0.15) is 0 Å². The highest BCUT2D eigenvalue weighted by Gasteiger charge is 2.73. The van der Waals surface area contributed by atoms with Crippen molar-refractivity contribution < 1.29 is 33.8 Å². The van der Waals surface area contributed by atoms with Crippen LogP contribution in [0.1, 0.15) is 72.5 Å². The predicted octanol–water partition coefficient (Wildman–Crippen LogP) is 3.65. The van der Waals surface area contributed by atoms with Crippen molar-refractivity contribution in [3.63, 3.8) is 0 Å². The monoisotopic (exact) mass is 635 g/mol. The van der Waals surface area contributed by atoms with E-state index in [1.807, 2.05) is 84.0 Å². The fourth-order valence-electron chi connectivity index (χ4n) is 7.60. The second kappa shape index (κ2) is 13.0. The average molecular weight is 636 g/mol. The number of ether oxygens (including phenoxy) is 2. The van der Waals surface area contributed by atoms with E-state index in [0.717, 1.165) is 5.56 Å². The molecule has 1 aromatic carbocycles. The predicted molar refractivity (Wildman–Crippen MR) is 172 cm³/mol. The molecule has 2 fully saturated rings. The summed E-state index contributed by atoms with van der Waals surface area (Å²) in [5, 5.41) is 10.7. The minimum atomic E-state index is -1.46. The molecule has 5 rings (SSSR count). The van der Waals surface area contributed by atoms with E-state index in [9.17, 15) is 24.3 Å². The number of cyclic esters (lactones) is 1. The van der Waals surface area contributed by atoms with Crippen molar-refractivity contribution in [1.82, 2.24) is 14.7 Å². The van der Waals surface area contributed by atoms with Crippen molar-refractivity contribution in [3.8, 4) is 0 Å². The number of fused-ring (bicyclic) bond motifs is 2. The van der Waals surface area contributed by atoms with E-state index < -0.39 is 65.2 Å². The topological polar surface area (TPSA) is 117 Å². The third kappa shape index (κ3) is 5.68. The number of carbonyl (C=O) groups is 4. The SMILES string of the molecule is CC[C@H](C)[C@H](CO)N1C(=O)[C@H]2[C@@H]3C(=O)O[C@@H](c4ccccc4)[C@H](C)N(C)C(=O)CC/C=C\[C@@H]3O[C@]23C=CCN(C(C)(C)C)C(=O)[C@H]13. The van der Waals surface area contributed by atoms with Crippen LogP contribution in [0.15, 0.2) is 54.6 Å². The van der Waals surface area contributed by atoms with Gasteiger partial charge in [-0.15, -0.1) is 0 Å². The quantitative estimate of drug-likeness (QED) is 0.388. The van der Waals surface area contributed by atoms with Crippen molar-refractivity contribution in [2.24, 2.45) is 17.8 Å². The molecule has 10 nitrogen and oxygen atoms in total. The lowest BCUT2D eigenvalue weighted by molar-refractivity contribution is -0.165. The second-order valence-corrected chi connectivity index (χ2v) is 14.2. The lowest BCUT2D eigenvalue weighted by Crippen LogP contribution is -2.61. The highest BCUT2D eigenvalue weighted by Crippen LogP contribution is 2.54. The summed E-state index contributed by atoms with van der Waals surface area (Å²) < 4.78 is 13.2. The van der Waals surface area contributed by atoms with Crippen LogP contribution >= 0.6 is 0 Å². The zero-order valence-electron chi connectivity index (χ0n) is 28.1. The van der Waals surface area contributed by atoms with Gasteiger partial charge in [-0.3, -0.25) is 19.2 Å². The Labute approximate surface area is 272 Å². The van der Waals surface area contributed by atoms with E-state index in [2.05, 4.69) is 0 Å². The normalized spacial score (nSPS) is 34.1. The molecule has 250 valence electrons. The molecule has 4 heterocycles. The summed E-state index contributed by atoms with van der Waals surface area (Å²) in [7, 11) is 1.71. The Kier molecular flexibility index (Phi) is 9.53. The molecule has 46 heavy (non-hydrogen) atoms. The average Bonchev–Trinajstić information content (AvgIpc) is 3.41. The van der Waals surface area contributed by atoms with Crippen molar-refractivity contribution in [1.29, 1.82) is 0 Å². The molecule has 1 N–H and O–H groups in total. The minimum Gasteiger partial charge on any atom is -0.455 e. The van der Waals surface area contributed by atoms with Crippen LogP contribution in [0.2, 0.25) is 0 Å². The van der Waals surface area contributed by atoms with Gasteiger partial charge in [-0.05, 0) is 45.6 Å². The van der Waals surface area contributed by atoms with E-state index >= 15 is 0 Å². The van der Waals surface area contributed by atoms with Gasteiger partial charge in [0.05, 0.1) is 30.7 Å². The van der Waals surface area contributed by atoms with Crippen LogP contribution in [-0.4, -0.2) is 99.1 Å². The number of aliphatic hydroxyl groups excluding tert-OH is 1. The van der Waals surface area contributed by atoms with Crippen LogP contribution in [0, 0.1) is 17.8 Å². The van der Waals surface area contributed by atoms with Crippen molar-refractivity contribution in [2.75, 3.05) is 20.2 Å². The molecule has 0 unspecified atom stereocenters. The van der Waals surface area contributed by atoms with Crippen LogP contribution in [0.25, 0.3) is 0 Å². The molecule has 0 aliphatic carbocycles. The van der Waals surface area contributed by atoms with Crippen LogP contribution < -0.4 is 0 Å². The number of benzene rings is 1. The molecule has 0 saturated carbocycles. The Bertz CT molecular complexity index is 1390. The Balaban J connectivity index is 1.66. The van der Waals surface area contributed by atoms with Crippen LogP contribution in [0.5, 0.6) is 0 Å². The Morgan fingerprint density at radius 1 is 1.07 bits per heavy atom. The van der Waals surface area contributed by atoms with Crippen molar-refractivity contribution >= 4 is 23.7 Å². The second-order valence-electron chi connectivity index (χ2n) is 14.2. The van der Waals surface area contributed by atoms with Gasteiger partial charge in [0.25, 0.3) is 0 Å². The fourth-order valence-corrected chi connectivity index (χ4v) is 7.60. The van der Waals surface area contributed by atoms with Gasteiger partial charge in [-0.1, -0.05) is 74.9 Å². The number of esters is 1. The minimum absolute atomic E-state index is 0.0837. The van der Waals surface area contributed by atoms with Gasteiger partial charge in [0.2, 0.25) is 17.7 Å². The Hall–Kier alpha value is -3.50. The molecule has 4 aliphatic rings. The maximum atomic E-state index is 14.8. The number of hydrogen-bond acceptors (Lipinski definition) is 7. The van der Waals surface area contributed by atoms with Crippen molar-refractivity contribution in [2.45, 2.75) is 102 Å². The molecule has 10 heteroatoms. The highest BCUT2D eigenvalue weighted by molar-refractivity contribution is 5.99. The number of likely N-dealkylation sites (N-methyl/N-ethyl adjacent to an activating group) is 1. The molecule has 0 radical (unpaired) electrons. The van der Waals surface area contributed by atoms with E-state index in [4.69, 9.17) is 9.47 Å². The highest BCUT2D eigenvalue weighted by atomic mass is 16.6. The zero-order chi connectivity index (χ0) is 33.6. The van der Waals surface area contributed by atoms with E-state index in [1.165, 1.54) is 4.90 Å².